The van der Waals surface area contributed by atoms with Crippen molar-refractivity contribution < 1.29 is 5.11 Å². The molecule has 0 aliphatic rings. The highest BCUT2D eigenvalue weighted by molar-refractivity contribution is 6.36. The summed E-state index contributed by atoms with van der Waals surface area (Å²) < 4.78 is 0. The molecule has 2 heterocycles. The summed E-state index contributed by atoms with van der Waals surface area (Å²) in [5, 5.41) is 13.9. The van der Waals surface area contributed by atoms with Gasteiger partial charge in [0.25, 0.3) is 0 Å². The van der Waals surface area contributed by atoms with Crippen molar-refractivity contribution >= 4 is 57.3 Å². The number of phenolic OH excluding ortho intramolecular Hbond substituents is 1. The minimum atomic E-state index is -0.328. The summed E-state index contributed by atoms with van der Waals surface area (Å²) in [6, 6.07) is 12.5. The lowest BCUT2D eigenvalue weighted by molar-refractivity contribution is 0.469. The normalized spacial score (nSPS) is 12.3. The Morgan fingerprint density at radius 1 is 0.900 bits per heavy atom. The summed E-state index contributed by atoms with van der Waals surface area (Å²) in [5.41, 5.74) is 3.65. The van der Waals surface area contributed by atoms with E-state index in [4.69, 9.17) is 46.4 Å². The van der Waals surface area contributed by atoms with E-state index in [0.717, 1.165) is 16.8 Å². The zero-order valence-corrected chi connectivity index (χ0v) is 18.9. The lowest BCUT2D eigenvalue weighted by atomic mass is 9.85. The molecule has 4 rings (SSSR count). The van der Waals surface area contributed by atoms with Crippen LogP contribution in [0.5, 0.6) is 5.75 Å². The molecule has 0 bridgehead atoms. The summed E-state index contributed by atoms with van der Waals surface area (Å²) in [5.74, 6) is -0.260. The number of benzene rings is 2. The van der Waals surface area contributed by atoms with Gasteiger partial charge in [0.15, 0.2) is 0 Å². The molecule has 0 fully saturated rings. The molecule has 0 saturated heterocycles. The predicted molar refractivity (Wildman–Crippen MR) is 124 cm³/mol. The van der Waals surface area contributed by atoms with Gasteiger partial charge in [0.1, 0.15) is 11.3 Å². The van der Waals surface area contributed by atoms with Gasteiger partial charge in [-0.05, 0) is 54.4 Å². The molecular weight excluding hydrogens is 462 g/mol. The van der Waals surface area contributed by atoms with Crippen molar-refractivity contribution in [2.75, 3.05) is 0 Å². The van der Waals surface area contributed by atoms with Crippen LogP contribution in [0.2, 0.25) is 20.1 Å². The molecule has 0 spiro atoms. The van der Waals surface area contributed by atoms with Crippen LogP contribution < -0.4 is 0 Å². The number of hydrogen-bond donors (Lipinski definition) is 1. The van der Waals surface area contributed by atoms with Gasteiger partial charge >= 0.3 is 0 Å². The minimum absolute atomic E-state index is 0.0673. The Kier molecular flexibility index (Phi) is 6.08. The van der Waals surface area contributed by atoms with E-state index in [0.29, 0.717) is 43.0 Å². The lowest BCUT2D eigenvalue weighted by Crippen LogP contribution is -2.09. The second kappa shape index (κ2) is 8.60. The Morgan fingerprint density at radius 3 is 2.43 bits per heavy atom. The maximum atomic E-state index is 11.1. The number of aryl methyl sites for hydroxylation is 1. The van der Waals surface area contributed by atoms with Crippen molar-refractivity contribution in [1.29, 1.82) is 0 Å². The number of aromatic nitrogens is 2. The molecule has 0 aliphatic carbocycles. The largest absolute Gasteiger partial charge is 0.505 e. The van der Waals surface area contributed by atoms with Crippen molar-refractivity contribution in [3.63, 3.8) is 0 Å². The van der Waals surface area contributed by atoms with E-state index in [9.17, 15) is 5.11 Å². The zero-order valence-electron chi connectivity index (χ0n) is 15.8. The van der Waals surface area contributed by atoms with Crippen molar-refractivity contribution in [3.8, 4) is 5.75 Å². The number of pyridine rings is 2. The molecule has 1 atom stereocenters. The van der Waals surface area contributed by atoms with E-state index in [1.807, 2.05) is 25.1 Å². The van der Waals surface area contributed by atoms with Crippen LogP contribution in [-0.2, 0) is 6.42 Å². The molecule has 1 N–H and O–H groups in total. The first-order chi connectivity index (χ1) is 14.3. The fraction of sp³-hybridized carbons (Fsp3) is 0.130. The number of hydrogen-bond acceptors (Lipinski definition) is 3. The molecule has 0 saturated carbocycles. The molecule has 0 aliphatic heterocycles. The van der Waals surface area contributed by atoms with Crippen molar-refractivity contribution in [2.24, 2.45) is 0 Å². The first kappa shape index (κ1) is 21.2. The predicted octanol–water partition coefficient (Wildman–Crippen LogP) is 7.63. The van der Waals surface area contributed by atoms with E-state index in [-0.39, 0.29) is 11.7 Å². The van der Waals surface area contributed by atoms with Crippen LogP contribution in [0.25, 0.3) is 10.9 Å². The number of phenols is 1. The van der Waals surface area contributed by atoms with E-state index in [1.54, 1.807) is 36.7 Å². The Labute approximate surface area is 194 Å². The van der Waals surface area contributed by atoms with Gasteiger partial charge < -0.3 is 5.11 Å². The highest BCUT2D eigenvalue weighted by Gasteiger charge is 2.25. The molecular formula is C23H16Cl4N2O. The van der Waals surface area contributed by atoms with Gasteiger partial charge in [-0.1, -0.05) is 52.5 Å². The molecule has 0 radical (unpaired) electrons. The second-order valence-corrected chi connectivity index (χ2v) is 8.72. The van der Waals surface area contributed by atoms with Gasteiger partial charge in [-0.3, -0.25) is 9.97 Å². The van der Waals surface area contributed by atoms with Gasteiger partial charge in [-0.25, -0.2) is 0 Å². The first-order valence-corrected chi connectivity index (χ1v) is 10.7. The Hall–Kier alpha value is -2.04. The smallest absolute Gasteiger partial charge is 0.145 e. The average molecular weight is 478 g/mol. The monoisotopic (exact) mass is 476 g/mol. The third kappa shape index (κ3) is 4.08. The molecule has 4 aromatic rings. The van der Waals surface area contributed by atoms with Gasteiger partial charge in [-0.15, -0.1) is 0 Å². The number of nitrogens with zero attached hydrogens (tertiary/aromatic N) is 2. The van der Waals surface area contributed by atoms with Gasteiger partial charge in [0, 0.05) is 51.4 Å². The van der Waals surface area contributed by atoms with E-state index in [1.165, 1.54) is 0 Å². The van der Waals surface area contributed by atoms with Crippen LogP contribution in [-0.4, -0.2) is 15.1 Å². The summed E-state index contributed by atoms with van der Waals surface area (Å²) in [4.78, 5) is 8.83. The molecule has 30 heavy (non-hydrogen) atoms. The molecule has 7 heteroatoms. The molecule has 3 nitrogen and oxygen atoms in total. The Morgan fingerprint density at radius 2 is 1.70 bits per heavy atom. The number of aromatic hydroxyl groups is 1. The van der Waals surface area contributed by atoms with Crippen LogP contribution >= 0.6 is 46.4 Å². The summed E-state index contributed by atoms with van der Waals surface area (Å²) in [6.45, 7) is 1.95. The highest BCUT2D eigenvalue weighted by Crippen LogP contribution is 2.43. The van der Waals surface area contributed by atoms with Crippen molar-refractivity contribution in [1.82, 2.24) is 9.97 Å². The molecule has 0 amide bonds. The van der Waals surface area contributed by atoms with Gasteiger partial charge in [0.05, 0.1) is 10.0 Å². The number of rotatable bonds is 4. The third-order valence-corrected chi connectivity index (χ3v) is 6.19. The highest BCUT2D eigenvalue weighted by atomic mass is 35.5. The number of halogens is 4. The number of fused-ring (bicyclic) bond motifs is 1. The summed E-state index contributed by atoms with van der Waals surface area (Å²) in [6.07, 6.45) is 3.71. The minimum Gasteiger partial charge on any atom is -0.505 e. The maximum Gasteiger partial charge on any atom is 0.145 e. The fourth-order valence-electron chi connectivity index (χ4n) is 3.62. The molecule has 2 aromatic heterocycles. The standard InChI is InChI=1S/C23H16Cl4N2O/c1-12-7-14(25)11-29-21(12)10-17(15-5-4-13(24)8-19(15)26)18-9-20(27)16-3-2-6-28-22(16)23(18)30/h2-9,11,17,30H,10H2,1H3. The van der Waals surface area contributed by atoms with E-state index < -0.39 is 0 Å². The van der Waals surface area contributed by atoms with Crippen LogP contribution in [0.4, 0.5) is 0 Å². The maximum absolute atomic E-state index is 11.1. The first-order valence-electron chi connectivity index (χ1n) is 9.17. The van der Waals surface area contributed by atoms with Crippen LogP contribution in [0, 0.1) is 6.92 Å². The third-order valence-electron chi connectivity index (χ3n) is 5.11. The quantitative estimate of drug-likeness (QED) is 0.328. The van der Waals surface area contributed by atoms with E-state index >= 15 is 0 Å². The van der Waals surface area contributed by atoms with Crippen molar-refractivity contribution in [3.05, 3.63) is 97.3 Å². The summed E-state index contributed by atoms with van der Waals surface area (Å²) in [7, 11) is 0. The van der Waals surface area contributed by atoms with Crippen LogP contribution in [0.1, 0.15) is 28.3 Å². The van der Waals surface area contributed by atoms with Crippen LogP contribution in [0.15, 0.2) is 54.9 Å². The summed E-state index contributed by atoms with van der Waals surface area (Å²) >= 11 is 25.3. The molecule has 1 unspecified atom stereocenters. The average Bonchev–Trinajstić information content (AvgIpc) is 2.71. The van der Waals surface area contributed by atoms with Gasteiger partial charge in [0.2, 0.25) is 0 Å². The molecule has 2 aromatic carbocycles. The van der Waals surface area contributed by atoms with Crippen molar-refractivity contribution in [2.45, 2.75) is 19.3 Å². The zero-order chi connectivity index (χ0) is 21.4. The lowest BCUT2D eigenvalue weighted by Gasteiger charge is -2.22. The fourth-order valence-corrected chi connectivity index (χ4v) is 4.64. The SMILES string of the molecule is Cc1cc(Cl)cnc1CC(c1ccc(Cl)cc1Cl)c1cc(Cl)c2cccnc2c1O. The Bertz CT molecular complexity index is 1260. The molecule has 152 valence electrons. The Balaban J connectivity index is 1.93. The second-order valence-electron chi connectivity index (χ2n) is 7.04. The van der Waals surface area contributed by atoms with Gasteiger partial charge in [-0.2, -0.15) is 0 Å². The van der Waals surface area contributed by atoms with Crippen LogP contribution in [0.3, 0.4) is 0 Å². The topological polar surface area (TPSA) is 46.0 Å². The van der Waals surface area contributed by atoms with E-state index in [2.05, 4.69) is 9.97 Å².